The molecule has 184 valence electrons. The van der Waals surface area contributed by atoms with Crippen molar-refractivity contribution in [1.29, 1.82) is 0 Å². The molecular formula is C23H27F3N4O3S. The van der Waals surface area contributed by atoms with Gasteiger partial charge in [0, 0.05) is 18.3 Å². The van der Waals surface area contributed by atoms with Crippen LogP contribution in [0.2, 0.25) is 0 Å². The second-order valence-corrected chi connectivity index (χ2v) is 10.3. The van der Waals surface area contributed by atoms with Crippen molar-refractivity contribution in [2.24, 2.45) is 0 Å². The number of amides is 2. The quantitative estimate of drug-likeness (QED) is 0.467. The van der Waals surface area contributed by atoms with E-state index in [9.17, 15) is 26.4 Å². The predicted octanol–water partition coefficient (Wildman–Crippen LogP) is 3.93. The van der Waals surface area contributed by atoms with Gasteiger partial charge in [0.15, 0.2) is 0 Å². The molecule has 4 N–H and O–H groups in total. The van der Waals surface area contributed by atoms with E-state index in [2.05, 4.69) is 20.7 Å². The maximum Gasteiger partial charge on any atom is 0.416 e. The zero-order valence-electron chi connectivity index (χ0n) is 18.4. The minimum Gasteiger partial charge on any atom is -0.334 e. The lowest BCUT2D eigenvalue weighted by Gasteiger charge is -2.27. The summed E-state index contributed by atoms with van der Waals surface area (Å²) in [6.07, 6.45) is -1.43. The fraction of sp³-hybridized carbons (Fsp3) is 0.435. The lowest BCUT2D eigenvalue weighted by Crippen LogP contribution is -2.32. The van der Waals surface area contributed by atoms with Gasteiger partial charge in [-0.2, -0.15) is 13.2 Å². The minimum absolute atomic E-state index is 0.0572. The number of alkyl halides is 3. The Morgan fingerprint density at radius 2 is 1.74 bits per heavy atom. The van der Waals surface area contributed by atoms with Crippen molar-refractivity contribution in [3.8, 4) is 0 Å². The summed E-state index contributed by atoms with van der Waals surface area (Å²) in [6, 6.07) is 8.82. The number of piperidine rings is 1. The van der Waals surface area contributed by atoms with E-state index in [1.54, 1.807) is 18.2 Å². The number of benzene rings is 2. The molecule has 0 atom stereocenters. The average molecular weight is 497 g/mol. The second kappa shape index (κ2) is 9.93. The Morgan fingerprint density at radius 3 is 2.41 bits per heavy atom. The van der Waals surface area contributed by atoms with Crippen molar-refractivity contribution in [2.75, 3.05) is 18.4 Å². The number of anilines is 1. The molecule has 11 heteroatoms. The van der Waals surface area contributed by atoms with Crippen LogP contribution in [-0.4, -0.2) is 33.6 Å². The Bertz CT molecular complexity index is 1140. The number of carbonyl (C=O) groups excluding carboxylic acids is 1. The van der Waals surface area contributed by atoms with Crippen LogP contribution in [0.25, 0.3) is 0 Å². The fourth-order valence-corrected chi connectivity index (χ4v) is 5.73. The Hall–Kier alpha value is -2.63. The summed E-state index contributed by atoms with van der Waals surface area (Å²) >= 11 is 0. The van der Waals surface area contributed by atoms with Gasteiger partial charge >= 0.3 is 12.2 Å². The van der Waals surface area contributed by atoms with Crippen molar-refractivity contribution < 1.29 is 26.4 Å². The number of urea groups is 1. The monoisotopic (exact) mass is 496 g/mol. The smallest absolute Gasteiger partial charge is 0.334 e. The molecule has 0 radical (unpaired) electrons. The number of halogens is 3. The highest BCUT2D eigenvalue weighted by Crippen LogP contribution is 2.37. The largest absolute Gasteiger partial charge is 0.416 e. The molecule has 34 heavy (non-hydrogen) atoms. The van der Waals surface area contributed by atoms with Crippen LogP contribution >= 0.6 is 0 Å². The van der Waals surface area contributed by atoms with E-state index in [0.29, 0.717) is 16.8 Å². The summed E-state index contributed by atoms with van der Waals surface area (Å²) in [7, 11) is -3.76. The summed E-state index contributed by atoms with van der Waals surface area (Å²) in [5.41, 5.74) is 0.452. The van der Waals surface area contributed by atoms with Crippen molar-refractivity contribution in [3.63, 3.8) is 0 Å². The van der Waals surface area contributed by atoms with E-state index in [4.69, 9.17) is 0 Å². The van der Waals surface area contributed by atoms with Crippen LogP contribution < -0.4 is 20.7 Å². The zero-order chi connectivity index (χ0) is 24.3. The van der Waals surface area contributed by atoms with Crippen molar-refractivity contribution in [2.45, 2.75) is 55.3 Å². The van der Waals surface area contributed by atoms with Crippen molar-refractivity contribution in [1.82, 2.24) is 15.4 Å². The minimum atomic E-state index is -4.47. The average Bonchev–Trinajstić information content (AvgIpc) is 3.61. The molecule has 2 fully saturated rings. The SMILES string of the molecule is O=C(NCc1cccc(C(F)(F)F)c1)Nc1cccc(S(=O)(=O)NC2CC2)c1C1CCNCC1. The summed E-state index contributed by atoms with van der Waals surface area (Å²) in [6.45, 7) is 1.35. The van der Waals surface area contributed by atoms with Crippen LogP contribution in [0.3, 0.4) is 0 Å². The molecule has 2 amide bonds. The number of hydrogen-bond acceptors (Lipinski definition) is 4. The molecule has 0 spiro atoms. The van der Waals surface area contributed by atoms with Crippen LogP contribution in [-0.2, 0) is 22.7 Å². The number of carbonyl (C=O) groups is 1. The normalized spacial score (nSPS) is 17.4. The van der Waals surface area contributed by atoms with Gasteiger partial charge in [-0.25, -0.2) is 17.9 Å². The standard InChI is InChI=1S/C23H27F3N4O3S/c24-23(25,26)17-4-1-3-15(13-17)14-28-22(31)29-19-5-2-6-20(34(32,33)30-18-7-8-18)21(19)16-9-11-27-12-10-16/h1-6,13,16,18,27,30H,7-12,14H2,(H2,28,29,31). The van der Waals surface area contributed by atoms with Gasteiger partial charge in [0.1, 0.15) is 0 Å². The van der Waals surface area contributed by atoms with E-state index in [0.717, 1.165) is 50.9 Å². The van der Waals surface area contributed by atoms with Gasteiger partial charge in [-0.05, 0) is 80.1 Å². The molecule has 0 bridgehead atoms. The molecule has 1 heterocycles. The highest BCUT2D eigenvalue weighted by Gasteiger charge is 2.33. The van der Waals surface area contributed by atoms with Gasteiger partial charge in [-0.1, -0.05) is 18.2 Å². The van der Waals surface area contributed by atoms with E-state index >= 15 is 0 Å². The van der Waals surface area contributed by atoms with Gasteiger partial charge in [0.05, 0.1) is 10.5 Å². The van der Waals surface area contributed by atoms with Gasteiger partial charge in [-0.3, -0.25) is 0 Å². The molecule has 1 saturated carbocycles. The summed E-state index contributed by atoms with van der Waals surface area (Å²) in [4.78, 5) is 12.8. The van der Waals surface area contributed by atoms with Crippen LogP contribution in [0.4, 0.5) is 23.7 Å². The molecule has 7 nitrogen and oxygen atoms in total. The van der Waals surface area contributed by atoms with Gasteiger partial charge in [0.2, 0.25) is 10.0 Å². The van der Waals surface area contributed by atoms with Gasteiger partial charge in [-0.15, -0.1) is 0 Å². The maximum absolute atomic E-state index is 13.1. The molecule has 2 aromatic rings. The zero-order valence-corrected chi connectivity index (χ0v) is 19.2. The highest BCUT2D eigenvalue weighted by atomic mass is 32.2. The van der Waals surface area contributed by atoms with E-state index in [1.165, 1.54) is 12.1 Å². The summed E-state index contributed by atoms with van der Waals surface area (Å²) < 4.78 is 67.6. The highest BCUT2D eigenvalue weighted by molar-refractivity contribution is 7.89. The Balaban J connectivity index is 1.54. The summed E-state index contributed by atoms with van der Waals surface area (Å²) in [5.74, 6) is -0.0630. The second-order valence-electron chi connectivity index (χ2n) is 8.64. The third-order valence-electron chi connectivity index (χ3n) is 5.96. The van der Waals surface area contributed by atoms with Crippen LogP contribution in [0.5, 0.6) is 0 Å². The first-order valence-electron chi connectivity index (χ1n) is 11.2. The van der Waals surface area contributed by atoms with E-state index in [-0.39, 0.29) is 23.4 Å². The Morgan fingerprint density at radius 1 is 1.03 bits per heavy atom. The molecule has 1 aliphatic heterocycles. The molecule has 1 saturated heterocycles. The molecule has 2 aliphatic rings. The van der Waals surface area contributed by atoms with Gasteiger partial charge in [0.25, 0.3) is 0 Å². The Labute approximate surface area is 196 Å². The number of hydrogen-bond donors (Lipinski definition) is 4. The van der Waals surface area contributed by atoms with Crippen LogP contribution in [0, 0.1) is 0 Å². The molecule has 1 aliphatic carbocycles. The van der Waals surface area contributed by atoms with Gasteiger partial charge < -0.3 is 16.0 Å². The molecule has 0 aromatic heterocycles. The Kier molecular flexibility index (Phi) is 7.15. The number of rotatable bonds is 7. The van der Waals surface area contributed by atoms with Crippen LogP contribution in [0.15, 0.2) is 47.4 Å². The fourth-order valence-electron chi connectivity index (χ4n) is 4.11. The number of sulfonamides is 1. The molecule has 2 aromatic carbocycles. The first-order valence-corrected chi connectivity index (χ1v) is 12.7. The third kappa shape index (κ3) is 6.08. The lowest BCUT2D eigenvalue weighted by atomic mass is 9.89. The van der Waals surface area contributed by atoms with E-state index < -0.39 is 27.8 Å². The maximum atomic E-state index is 13.1. The first kappa shape index (κ1) is 24.5. The van der Waals surface area contributed by atoms with Crippen molar-refractivity contribution in [3.05, 3.63) is 59.2 Å². The molecular weight excluding hydrogens is 469 g/mol. The first-order chi connectivity index (χ1) is 16.1. The van der Waals surface area contributed by atoms with Crippen molar-refractivity contribution >= 4 is 21.7 Å². The third-order valence-corrected chi connectivity index (χ3v) is 7.54. The number of nitrogens with one attached hydrogen (secondary N) is 4. The predicted molar refractivity (Wildman–Crippen MR) is 122 cm³/mol. The lowest BCUT2D eigenvalue weighted by molar-refractivity contribution is -0.137. The molecule has 4 rings (SSSR count). The topological polar surface area (TPSA) is 99.3 Å². The van der Waals surface area contributed by atoms with Crippen LogP contribution in [0.1, 0.15) is 48.3 Å². The summed E-state index contributed by atoms with van der Waals surface area (Å²) in [5, 5.41) is 8.54. The van der Waals surface area contributed by atoms with E-state index in [1.807, 2.05) is 0 Å². The molecule has 0 unspecified atom stereocenters.